The van der Waals surface area contributed by atoms with Gasteiger partial charge in [-0.1, -0.05) is 12.1 Å². The van der Waals surface area contributed by atoms with E-state index >= 15 is 0 Å². The highest BCUT2D eigenvalue weighted by molar-refractivity contribution is 5.95. The smallest absolute Gasteiger partial charge is 0.341 e. The Bertz CT molecular complexity index is 599. The molecular formula is C13H11FN2O2. The molecule has 1 heterocycles. The van der Waals surface area contributed by atoms with Crippen molar-refractivity contribution in [3.8, 4) is 11.1 Å². The third-order valence-corrected chi connectivity index (χ3v) is 2.48. The van der Waals surface area contributed by atoms with Crippen LogP contribution in [0.2, 0.25) is 0 Å². The number of nitrogens with two attached hydrogens (primary N) is 1. The summed E-state index contributed by atoms with van der Waals surface area (Å²) >= 11 is 0. The zero-order valence-corrected chi connectivity index (χ0v) is 9.68. The summed E-state index contributed by atoms with van der Waals surface area (Å²) in [6.07, 6.45) is 1.48. The van der Waals surface area contributed by atoms with Crippen LogP contribution in [-0.2, 0) is 4.74 Å². The van der Waals surface area contributed by atoms with E-state index in [1.54, 1.807) is 12.1 Å². The van der Waals surface area contributed by atoms with Gasteiger partial charge >= 0.3 is 5.97 Å². The highest BCUT2D eigenvalue weighted by atomic mass is 19.1. The third-order valence-electron chi connectivity index (χ3n) is 2.48. The van der Waals surface area contributed by atoms with Crippen molar-refractivity contribution in [2.75, 3.05) is 12.8 Å². The summed E-state index contributed by atoms with van der Waals surface area (Å²) in [6, 6.07) is 7.53. The highest BCUT2D eigenvalue weighted by Crippen LogP contribution is 2.23. The zero-order chi connectivity index (χ0) is 13.1. The molecule has 0 saturated heterocycles. The minimum Gasteiger partial charge on any atom is -0.465 e. The van der Waals surface area contributed by atoms with Gasteiger partial charge in [-0.25, -0.2) is 14.2 Å². The topological polar surface area (TPSA) is 65.2 Å². The first-order valence-corrected chi connectivity index (χ1v) is 5.21. The average molecular weight is 246 g/mol. The normalized spacial score (nSPS) is 10.1. The number of carbonyl (C=O) groups excluding carboxylic acids is 1. The first-order valence-electron chi connectivity index (χ1n) is 5.21. The summed E-state index contributed by atoms with van der Waals surface area (Å²) in [4.78, 5) is 15.4. The van der Waals surface area contributed by atoms with Gasteiger partial charge in [-0.15, -0.1) is 0 Å². The standard InChI is InChI=1S/C13H11FN2O2/c1-18-13(17)11-6-9(7-16-12(11)15)8-3-2-4-10(14)5-8/h2-7H,1H3,(H2,15,16). The number of nitrogen functional groups attached to an aromatic ring is 1. The molecular weight excluding hydrogens is 235 g/mol. The molecule has 0 aliphatic heterocycles. The Morgan fingerprint density at radius 1 is 1.33 bits per heavy atom. The van der Waals surface area contributed by atoms with Crippen molar-refractivity contribution in [3.63, 3.8) is 0 Å². The first kappa shape index (κ1) is 12.0. The van der Waals surface area contributed by atoms with E-state index in [-0.39, 0.29) is 17.2 Å². The number of aromatic nitrogens is 1. The number of rotatable bonds is 2. The number of pyridine rings is 1. The molecule has 0 amide bonds. The largest absolute Gasteiger partial charge is 0.465 e. The minimum absolute atomic E-state index is 0.0852. The van der Waals surface area contributed by atoms with Crippen LogP contribution in [0.5, 0.6) is 0 Å². The zero-order valence-electron chi connectivity index (χ0n) is 9.68. The van der Waals surface area contributed by atoms with Crippen LogP contribution in [0.15, 0.2) is 36.5 Å². The number of benzene rings is 1. The van der Waals surface area contributed by atoms with Gasteiger partial charge in [0.25, 0.3) is 0 Å². The Morgan fingerprint density at radius 2 is 2.11 bits per heavy atom. The Kier molecular flexibility index (Phi) is 3.23. The van der Waals surface area contributed by atoms with Gasteiger partial charge in [0, 0.05) is 11.8 Å². The molecule has 2 N–H and O–H groups in total. The predicted molar refractivity (Wildman–Crippen MR) is 65.4 cm³/mol. The van der Waals surface area contributed by atoms with E-state index in [0.717, 1.165) is 0 Å². The molecule has 2 aromatic rings. The van der Waals surface area contributed by atoms with E-state index in [2.05, 4.69) is 9.72 Å². The SMILES string of the molecule is COC(=O)c1cc(-c2cccc(F)c2)cnc1N. The van der Waals surface area contributed by atoms with Gasteiger partial charge in [-0.2, -0.15) is 0 Å². The van der Waals surface area contributed by atoms with Gasteiger partial charge in [0.1, 0.15) is 17.2 Å². The highest BCUT2D eigenvalue weighted by Gasteiger charge is 2.12. The molecule has 0 aliphatic rings. The summed E-state index contributed by atoms with van der Waals surface area (Å²) in [5, 5.41) is 0. The number of anilines is 1. The molecule has 0 bridgehead atoms. The van der Waals surface area contributed by atoms with Crippen LogP contribution < -0.4 is 5.73 Å². The molecule has 0 saturated carbocycles. The lowest BCUT2D eigenvalue weighted by molar-refractivity contribution is 0.0601. The van der Waals surface area contributed by atoms with Crippen LogP contribution in [0.3, 0.4) is 0 Å². The minimum atomic E-state index is -0.571. The molecule has 0 aliphatic carbocycles. The number of hydrogen-bond acceptors (Lipinski definition) is 4. The summed E-state index contributed by atoms with van der Waals surface area (Å²) in [6.45, 7) is 0. The number of ether oxygens (including phenoxy) is 1. The lowest BCUT2D eigenvalue weighted by atomic mass is 10.1. The van der Waals surface area contributed by atoms with E-state index in [9.17, 15) is 9.18 Å². The second-order valence-electron chi connectivity index (χ2n) is 3.66. The second kappa shape index (κ2) is 4.83. The van der Waals surface area contributed by atoms with Crippen molar-refractivity contribution in [1.29, 1.82) is 0 Å². The number of hydrogen-bond donors (Lipinski definition) is 1. The van der Waals surface area contributed by atoms with E-state index in [1.807, 2.05) is 0 Å². The van der Waals surface area contributed by atoms with Crippen molar-refractivity contribution >= 4 is 11.8 Å². The maximum atomic E-state index is 13.1. The molecule has 0 atom stereocenters. The van der Waals surface area contributed by atoms with Gasteiger partial charge < -0.3 is 10.5 Å². The fourth-order valence-electron chi connectivity index (χ4n) is 1.57. The van der Waals surface area contributed by atoms with Crippen molar-refractivity contribution in [3.05, 3.63) is 47.9 Å². The fourth-order valence-corrected chi connectivity index (χ4v) is 1.57. The number of methoxy groups -OCH3 is 1. The van der Waals surface area contributed by atoms with Crippen molar-refractivity contribution in [2.45, 2.75) is 0 Å². The van der Waals surface area contributed by atoms with Crippen LogP contribution >= 0.6 is 0 Å². The van der Waals surface area contributed by atoms with E-state index in [0.29, 0.717) is 11.1 Å². The van der Waals surface area contributed by atoms with Gasteiger partial charge in [-0.05, 0) is 23.8 Å². The quantitative estimate of drug-likeness (QED) is 0.825. The van der Waals surface area contributed by atoms with E-state index in [4.69, 9.17) is 5.73 Å². The lowest BCUT2D eigenvalue weighted by Gasteiger charge is -2.06. The van der Waals surface area contributed by atoms with Crippen molar-refractivity contribution in [2.24, 2.45) is 0 Å². The molecule has 0 radical (unpaired) electrons. The molecule has 2 rings (SSSR count). The summed E-state index contributed by atoms with van der Waals surface area (Å²) in [7, 11) is 1.26. The van der Waals surface area contributed by atoms with Crippen LogP contribution in [-0.4, -0.2) is 18.1 Å². The Labute approximate surface area is 103 Å². The van der Waals surface area contributed by atoms with Gasteiger partial charge in [0.05, 0.1) is 7.11 Å². The molecule has 18 heavy (non-hydrogen) atoms. The number of esters is 1. The first-order chi connectivity index (χ1) is 8.61. The van der Waals surface area contributed by atoms with E-state index < -0.39 is 5.97 Å². The second-order valence-corrected chi connectivity index (χ2v) is 3.66. The van der Waals surface area contributed by atoms with Gasteiger partial charge in [0.2, 0.25) is 0 Å². The summed E-state index contributed by atoms with van der Waals surface area (Å²) in [5.74, 6) is -0.843. The maximum Gasteiger partial charge on any atom is 0.341 e. The third kappa shape index (κ3) is 2.29. The molecule has 92 valence electrons. The Morgan fingerprint density at radius 3 is 2.78 bits per heavy atom. The Hall–Kier alpha value is -2.43. The molecule has 5 heteroatoms. The fraction of sp³-hybridized carbons (Fsp3) is 0.0769. The van der Waals surface area contributed by atoms with Crippen LogP contribution in [0.25, 0.3) is 11.1 Å². The van der Waals surface area contributed by atoms with Gasteiger partial charge in [0.15, 0.2) is 0 Å². The summed E-state index contributed by atoms with van der Waals surface area (Å²) < 4.78 is 17.7. The van der Waals surface area contributed by atoms with Crippen molar-refractivity contribution < 1.29 is 13.9 Å². The molecule has 1 aromatic carbocycles. The Balaban J connectivity index is 2.50. The number of halogens is 1. The van der Waals surface area contributed by atoms with Gasteiger partial charge in [-0.3, -0.25) is 0 Å². The molecule has 0 spiro atoms. The van der Waals surface area contributed by atoms with Crippen LogP contribution in [0.1, 0.15) is 10.4 Å². The average Bonchev–Trinajstić information content (AvgIpc) is 2.38. The number of carbonyl (C=O) groups is 1. The van der Waals surface area contributed by atoms with E-state index in [1.165, 1.54) is 31.5 Å². The number of nitrogens with zero attached hydrogens (tertiary/aromatic N) is 1. The molecule has 1 aromatic heterocycles. The monoisotopic (exact) mass is 246 g/mol. The predicted octanol–water partition coefficient (Wildman–Crippen LogP) is 2.26. The molecule has 0 unspecified atom stereocenters. The van der Waals surface area contributed by atoms with Crippen LogP contribution in [0.4, 0.5) is 10.2 Å². The maximum absolute atomic E-state index is 13.1. The van der Waals surface area contributed by atoms with Crippen LogP contribution in [0, 0.1) is 5.82 Å². The molecule has 4 nitrogen and oxygen atoms in total. The molecule has 0 fully saturated rings. The summed E-state index contributed by atoms with van der Waals surface area (Å²) in [5.41, 5.74) is 6.97. The van der Waals surface area contributed by atoms with Crippen molar-refractivity contribution in [1.82, 2.24) is 4.98 Å². The lowest BCUT2D eigenvalue weighted by Crippen LogP contribution is -2.07.